The van der Waals surface area contributed by atoms with E-state index in [0.717, 1.165) is 49.4 Å². The highest BCUT2D eigenvalue weighted by atomic mass is 32.1. The first-order valence-corrected chi connectivity index (χ1v) is 8.93. The molecule has 0 spiro atoms. The molecule has 0 unspecified atom stereocenters. The third kappa shape index (κ3) is 3.32. The van der Waals surface area contributed by atoms with Crippen molar-refractivity contribution in [2.75, 3.05) is 31.1 Å². The SMILES string of the molecule is Cc1nc(CN2CCN(c3nc(-c4ccccc4)cs3)CC2)no1. The number of anilines is 1. The summed E-state index contributed by atoms with van der Waals surface area (Å²) in [6.07, 6.45) is 0. The number of aromatic nitrogens is 3. The summed E-state index contributed by atoms with van der Waals surface area (Å²) >= 11 is 1.72. The van der Waals surface area contributed by atoms with Crippen LogP contribution in [-0.4, -0.2) is 46.2 Å². The highest BCUT2D eigenvalue weighted by molar-refractivity contribution is 7.14. The molecule has 0 saturated carbocycles. The van der Waals surface area contributed by atoms with E-state index >= 15 is 0 Å². The van der Waals surface area contributed by atoms with Crippen molar-refractivity contribution in [3.05, 3.63) is 47.4 Å². The minimum absolute atomic E-state index is 0.625. The van der Waals surface area contributed by atoms with Gasteiger partial charge in [-0.15, -0.1) is 11.3 Å². The molecule has 0 bridgehead atoms. The highest BCUT2D eigenvalue weighted by Gasteiger charge is 2.21. The maximum atomic E-state index is 5.03. The molecule has 1 saturated heterocycles. The highest BCUT2D eigenvalue weighted by Crippen LogP contribution is 2.28. The molecule has 1 fully saturated rings. The van der Waals surface area contributed by atoms with Crippen LogP contribution in [0.25, 0.3) is 11.3 Å². The summed E-state index contributed by atoms with van der Waals surface area (Å²) in [5.41, 5.74) is 2.23. The van der Waals surface area contributed by atoms with Gasteiger partial charge >= 0.3 is 0 Å². The van der Waals surface area contributed by atoms with Gasteiger partial charge in [0.05, 0.1) is 12.2 Å². The van der Waals surface area contributed by atoms with Crippen molar-refractivity contribution < 1.29 is 4.52 Å². The smallest absolute Gasteiger partial charge is 0.223 e. The average molecular weight is 341 g/mol. The van der Waals surface area contributed by atoms with E-state index in [2.05, 4.69) is 37.5 Å². The van der Waals surface area contributed by atoms with E-state index in [0.29, 0.717) is 5.89 Å². The maximum Gasteiger partial charge on any atom is 0.223 e. The molecule has 0 radical (unpaired) electrons. The van der Waals surface area contributed by atoms with Gasteiger partial charge in [0.25, 0.3) is 0 Å². The van der Waals surface area contributed by atoms with Gasteiger partial charge in [0, 0.05) is 44.0 Å². The number of piperazine rings is 1. The summed E-state index contributed by atoms with van der Waals surface area (Å²) < 4.78 is 5.03. The predicted molar refractivity (Wildman–Crippen MR) is 94.1 cm³/mol. The minimum Gasteiger partial charge on any atom is -0.346 e. The van der Waals surface area contributed by atoms with Crippen LogP contribution in [0.2, 0.25) is 0 Å². The molecule has 1 aliphatic rings. The summed E-state index contributed by atoms with van der Waals surface area (Å²) in [7, 11) is 0. The van der Waals surface area contributed by atoms with E-state index in [1.165, 1.54) is 5.56 Å². The van der Waals surface area contributed by atoms with Gasteiger partial charge in [-0.05, 0) is 0 Å². The van der Waals surface area contributed by atoms with Crippen molar-refractivity contribution in [3.8, 4) is 11.3 Å². The van der Waals surface area contributed by atoms with Crippen LogP contribution in [-0.2, 0) is 6.54 Å². The lowest BCUT2D eigenvalue weighted by Gasteiger charge is -2.33. The Morgan fingerprint density at radius 2 is 1.88 bits per heavy atom. The Labute approximate surface area is 144 Å². The number of rotatable bonds is 4. The molecule has 124 valence electrons. The van der Waals surface area contributed by atoms with E-state index in [-0.39, 0.29) is 0 Å². The van der Waals surface area contributed by atoms with Gasteiger partial charge in [-0.3, -0.25) is 4.90 Å². The lowest BCUT2D eigenvalue weighted by Crippen LogP contribution is -2.46. The summed E-state index contributed by atoms with van der Waals surface area (Å²) in [6.45, 7) is 6.47. The first kappa shape index (κ1) is 15.3. The first-order chi connectivity index (χ1) is 11.8. The van der Waals surface area contributed by atoms with E-state index in [1.54, 1.807) is 11.3 Å². The van der Waals surface area contributed by atoms with Crippen molar-refractivity contribution in [2.24, 2.45) is 0 Å². The third-order valence-corrected chi connectivity index (χ3v) is 5.04. The molecule has 3 aromatic rings. The summed E-state index contributed by atoms with van der Waals surface area (Å²) in [6, 6.07) is 10.3. The molecule has 0 N–H and O–H groups in total. The standard InChI is InChI=1S/C17H19N5OS/c1-13-18-16(20-23-13)11-21-7-9-22(10-8-21)17-19-15(12-24-17)14-5-3-2-4-6-14/h2-6,12H,7-11H2,1H3. The van der Waals surface area contributed by atoms with Crippen LogP contribution in [0.1, 0.15) is 11.7 Å². The Kier molecular flexibility index (Phi) is 4.27. The zero-order chi connectivity index (χ0) is 16.4. The number of hydrogen-bond donors (Lipinski definition) is 0. The Morgan fingerprint density at radius 1 is 1.08 bits per heavy atom. The van der Waals surface area contributed by atoms with E-state index < -0.39 is 0 Å². The second kappa shape index (κ2) is 6.70. The second-order valence-corrected chi connectivity index (χ2v) is 6.71. The van der Waals surface area contributed by atoms with Crippen LogP contribution < -0.4 is 4.90 Å². The number of nitrogens with zero attached hydrogens (tertiary/aromatic N) is 5. The van der Waals surface area contributed by atoms with Crippen molar-refractivity contribution in [1.82, 2.24) is 20.0 Å². The molecular formula is C17H19N5OS. The number of aryl methyl sites for hydroxylation is 1. The van der Waals surface area contributed by atoms with Gasteiger partial charge in [-0.1, -0.05) is 35.5 Å². The van der Waals surface area contributed by atoms with Crippen molar-refractivity contribution >= 4 is 16.5 Å². The zero-order valence-corrected chi connectivity index (χ0v) is 14.4. The molecule has 6 nitrogen and oxygen atoms in total. The van der Waals surface area contributed by atoms with Crippen molar-refractivity contribution in [2.45, 2.75) is 13.5 Å². The minimum atomic E-state index is 0.625. The molecule has 0 atom stereocenters. The van der Waals surface area contributed by atoms with E-state index in [1.807, 2.05) is 25.1 Å². The molecule has 3 heterocycles. The Balaban J connectivity index is 1.37. The van der Waals surface area contributed by atoms with Crippen molar-refractivity contribution in [1.29, 1.82) is 0 Å². The maximum absolute atomic E-state index is 5.03. The van der Waals surface area contributed by atoms with Gasteiger partial charge in [0.1, 0.15) is 0 Å². The molecule has 0 aliphatic carbocycles. The summed E-state index contributed by atoms with van der Waals surface area (Å²) in [4.78, 5) is 13.8. The number of hydrogen-bond acceptors (Lipinski definition) is 7. The van der Waals surface area contributed by atoms with E-state index in [4.69, 9.17) is 9.51 Å². The number of thiazole rings is 1. The molecule has 2 aromatic heterocycles. The molecule has 0 amide bonds. The molecule has 1 aromatic carbocycles. The fourth-order valence-corrected chi connectivity index (χ4v) is 3.74. The van der Waals surface area contributed by atoms with Crippen molar-refractivity contribution in [3.63, 3.8) is 0 Å². The van der Waals surface area contributed by atoms with Crippen LogP contribution in [0.5, 0.6) is 0 Å². The largest absolute Gasteiger partial charge is 0.346 e. The van der Waals surface area contributed by atoms with Gasteiger partial charge < -0.3 is 9.42 Å². The monoisotopic (exact) mass is 341 g/mol. The summed E-state index contributed by atoms with van der Waals surface area (Å²) in [5.74, 6) is 1.39. The molecule has 4 rings (SSSR count). The van der Waals surface area contributed by atoms with Gasteiger partial charge in [0.2, 0.25) is 5.89 Å². The predicted octanol–water partition coefficient (Wildman–Crippen LogP) is 2.82. The summed E-state index contributed by atoms with van der Waals surface area (Å²) in [5, 5.41) is 7.21. The second-order valence-electron chi connectivity index (χ2n) is 5.87. The Morgan fingerprint density at radius 3 is 2.58 bits per heavy atom. The average Bonchev–Trinajstić information content (AvgIpc) is 3.26. The lowest BCUT2D eigenvalue weighted by atomic mass is 10.2. The number of benzene rings is 1. The molecule has 1 aliphatic heterocycles. The Bertz CT molecular complexity index is 792. The quantitative estimate of drug-likeness (QED) is 0.727. The van der Waals surface area contributed by atoms with Crippen LogP contribution in [0.15, 0.2) is 40.2 Å². The molecular weight excluding hydrogens is 322 g/mol. The lowest BCUT2D eigenvalue weighted by molar-refractivity contribution is 0.240. The van der Waals surface area contributed by atoms with Crippen LogP contribution in [0.4, 0.5) is 5.13 Å². The van der Waals surface area contributed by atoms with Crippen LogP contribution in [0.3, 0.4) is 0 Å². The topological polar surface area (TPSA) is 58.3 Å². The van der Waals surface area contributed by atoms with E-state index in [9.17, 15) is 0 Å². The first-order valence-electron chi connectivity index (χ1n) is 8.05. The zero-order valence-electron chi connectivity index (χ0n) is 13.6. The van der Waals surface area contributed by atoms with Gasteiger partial charge in [-0.25, -0.2) is 4.98 Å². The fraction of sp³-hybridized carbons (Fsp3) is 0.353. The Hall–Kier alpha value is -2.25. The molecule has 7 heteroatoms. The van der Waals surface area contributed by atoms with Gasteiger partial charge in [0.15, 0.2) is 11.0 Å². The molecule has 24 heavy (non-hydrogen) atoms. The fourth-order valence-electron chi connectivity index (χ4n) is 2.85. The normalized spacial score (nSPS) is 15.8. The van der Waals surface area contributed by atoms with Crippen LogP contribution in [0, 0.1) is 6.92 Å². The van der Waals surface area contributed by atoms with Crippen LogP contribution >= 0.6 is 11.3 Å². The third-order valence-electron chi connectivity index (χ3n) is 4.14. The van der Waals surface area contributed by atoms with Gasteiger partial charge in [-0.2, -0.15) is 4.98 Å².